The molecule has 2 aromatic heterocycles. The van der Waals surface area contributed by atoms with Gasteiger partial charge in [-0.2, -0.15) is 0 Å². The molecule has 1 amide bonds. The van der Waals surface area contributed by atoms with E-state index in [1.165, 1.54) is 0 Å². The van der Waals surface area contributed by atoms with Crippen molar-refractivity contribution in [3.8, 4) is 0 Å². The minimum Gasteiger partial charge on any atom is -0.379 e. The maximum absolute atomic E-state index is 12.9. The van der Waals surface area contributed by atoms with Crippen LogP contribution in [0.3, 0.4) is 0 Å². The van der Waals surface area contributed by atoms with E-state index in [4.69, 9.17) is 20.9 Å². The van der Waals surface area contributed by atoms with Crippen LogP contribution in [-0.2, 0) is 11.2 Å². The average molecular weight is 374 g/mol. The van der Waals surface area contributed by atoms with Gasteiger partial charge in [-0.25, -0.2) is 0 Å². The molecule has 1 saturated heterocycles. The van der Waals surface area contributed by atoms with Crippen molar-refractivity contribution >= 4 is 28.4 Å². The first kappa shape index (κ1) is 17.1. The zero-order chi connectivity index (χ0) is 18.3. The molecule has 0 aliphatic carbocycles. The van der Waals surface area contributed by atoms with Crippen LogP contribution in [0.1, 0.15) is 21.9 Å². The van der Waals surface area contributed by atoms with Gasteiger partial charge in [-0.15, -0.1) is 0 Å². The van der Waals surface area contributed by atoms with E-state index in [2.05, 4.69) is 10.1 Å². The smallest absolute Gasteiger partial charge is 0.270 e. The van der Waals surface area contributed by atoms with E-state index < -0.39 is 0 Å². The van der Waals surface area contributed by atoms with Crippen molar-refractivity contribution in [2.45, 2.75) is 19.4 Å². The summed E-state index contributed by atoms with van der Waals surface area (Å²) in [6.45, 7) is 3.07. The predicted molar refractivity (Wildman–Crippen MR) is 98.4 cm³/mol. The van der Waals surface area contributed by atoms with Crippen LogP contribution in [0.15, 0.2) is 34.9 Å². The zero-order valence-electron chi connectivity index (χ0n) is 14.7. The van der Waals surface area contributed by atoms with Crippen LogP contribution in [0, 0.1) is 12.8 Å². The Hall–Kier alpha value is -2.31. The lowest BCUT2D eigenvalue weighted by Crippen LogP contribution is -2.30. The van der Waals surface area contributed by atoms with Gasteiger partial charge in [-0.05, 0) is 31.2 Å². The number of ether oxygens (including phenoxy) is 1. The van der Waals surface area contributed by atoms with Crippen LogP contribution in [-0.4, -0.2) is 47.3 Å². The Balaban J connectivity index is 1.52. The lowest BCUT2D eigenvalue weighted by Gasteiger charge is -2.14. The number of aromatic nitrogens is 2. The van der Waals surface area contributed by atoms with Crippen molar-refractivity contribution in [3.63, 3.8) is 0 Å². The summed E-state index contributed by atoms with van der Waals surface area (Å²) in [7, 11) is 1.68. The van der Waals surface area contributed by atoms with Crippen molar-refractivity contribution in [2.24, 2.45) is 5.92 Å². The molecule has 1 aliphatic rings. The molecule has 26 heavy (non-hydrogen) atoms. The summed E-state index contributed by atoms with van der Waals surface area (Å²) in [5, 5.41) is 5.51. The first-order valence-electron chi connectivity index (χ1n) is 8.56. The van der Waals surface area contributed by atoms with E-state index >= 15 is 0 Å². The van der Waals surface area contributed by atoms with Crippen molar-refractivity contribution in [1.82, 2.24) is 15.0 Å². The number of amides is 1. The van der Waals surface area contributed by atoms with Gasteiger partial charge >= 0.3 is 0 Å². The highest BCUT2D eigenvalue weighted by Crippen LogP contribution is 2.27. The molecule has 2 atom stereocenters. The van der Waals surface area contributed by atoms with E-state index in [-0.39, 0.29) is 17.9 Å². The summed E-state index contributed by atoms with van der Waals surface area (Å²) >= 11 is 6.03. The van der Waals surface area contributed by atoms with Gasteiger partial charge < -0.3 is 19.1 Å². The summed E-state index contributed by atoms with van der Waals surface area (Å²) < 4.78 is 10.9. The molecule has 136 valence electrons. The quantitative estimate of drug-likeness (QED) is 0.760. The third kappa shape index (κ3) is 3.22. The van der Waals surface area contributed by atoms with E-state index in [1.54, 1.807) is 13.2 Å². The first-order chi connectivity index (χ1) is 12.5. The number of rotatable bonds is 4. The number of nitrogens with zero attached hydrogens (tertiary/aromatic N) is 2. The molecule has 2 unspecified atom stereocenters. The maximum Gasteiger partial charge on any atom is 0.270 e. The molecule has 0 saturated carbocycles. The molecule has 1 fully saturated rings. The molecular formula is C19H20ClN3O3. The summed E-state index contributed by atoms with van der Waals surface area (Å²) in [6, 6.07) is 9.31. The monoisotopic (exact) mass is 373 g/mol. The third-order valence-electron chi connectivity index (χ3n) is 4.92. The maximum atomic E-state index is 12.9. The second kappa shape index (κ2) is 6.78. The third-order valence-corrected chi connectivity index (χ3v) is 5.16. The fourth-order valence-electron chi connectivity index (χ4n) is 3.63. The van der Waals surface area contributed by atoms with Crippen LogP contribution in [0.25, 0.3) is 10.9 Å². The Morgan fingerprint density at radius 2 is 2.23 bits per heavy atom. The summed E-state index contributed by atoms with van der Waals surface area (Å²) in [5.74, 6) is 0.967. The predicted octanol–water partition coefficient (Wildman–Crippen LogP) is 3.45. The number of aromatic amines is 1. The van der Waals surface area contributed by atoms with Crippen LogP contribution in [0.5, 0.6) is 0 Å². The first-order valence-corrected chi connectivity index (χ1v) is 8.94. The van der Waals surface area contributed by atoms with Gasteiger partial charge in [0.2, 0.25) is 0 Å². The molecule has 3 aromatic rings. The molecule has 7 heteroatoms. The number of H-pyrrole nitrogens is 1. The van der Waals surface area contributed by atoms with Gasteiger partial charge in [0.15, 0.2) is 0 Å². The highest BCUT2D eigenvalue weighted by molar-refractivity contribution is 6.31. The van der Waals surface area contributed by atoms with Crippen molar-refractivity contribution in [1.29, 1.82) is 0 Å². The summed E-state index contributed by atoms with van der Waals surface area (Å²) in [6.07, 6.45) is 0.675. The highest BCUT2D eigenvalue weighted by atomic mass is 35.5. The van der Waals surface area contributed by atoms with E-state index in [1.807, 2.05) is 36.1 Å². The van der Waals surface area contributed by atoms with Gasteiger partial charge in [-0.3, -0.25) is 4.79 Å². The normalized spacial score (nSPS) is 20.2. The molecule has 1 aromatic carbocycles. The average Bonchev–Trinajstić information content (AvgIpc) is 3.32. The molecule has 3 heterocycles. The lowest BCUT2D eigenvalue weighted by molar-refractivity contribution is 0.0669. The van der Waals surface area contributed by atoms with Gasteiger partial charge in [0, 0.05) is 54.5 Å². The number of hydrogen-bond acceptors (Lipinski definition) is 4. The number of halogens is 1. The number of nitrogens with one attached hydrogen (secondary N) is 1. The lowest BCUT2D eigenvalue weighted by atomic mass is 10.0. The number of fused-ring (bicyclic) bond motifs is 1. The Labute approximate surface area is 156 Å². The molecule has 1 N–H and O–H groups in total. The van der Waals surface area contributed by atoms with E-state index in [0.29, 0.717) is 30.2 Å². The molecule has 0 radical (unpaired) electrons. The molecular weight excluding hydrogens is 354 g/mol. The Morgan fingerprint density at radius 1 is 1.38 bits per heavy atom. The summed E-state index contributed by atoms with van der Waals surface area (Å²) in [5.41, 5.74) is 2.32. The van der Waals surface area contributed by atoms with Gasteiger partial charge in [0.1, 0.15) is 11.5 Å². The van der Waals surface area contributed by atoms with Crippen molar-refractivity contribution in [2.75, 3.05) is 20.2 Å². The standard InChI is InChI=1S/C19H20ClN3O3/c1-11-5-15(26-22-11)7-13-9-23(10-18(13)25-2)19(24)17-8-12-6-14(20)3-4-16(12)21-17/h3-6,8,13,18,21H,7,9-10H2,1-2H3. The second-order valence-electron chi connectivity index (χ2n) is 6.80. The molecule has 4 rings (SSSR count). The topological polar surface area (TPSA) is 71.4 Å². The van der Waals surface area contributed by atoms with Crippen LogP contribution in [0.4, 0.5) is 0 Å². The number of likely N-dealkylation sites (tertiary alicyclic amines) is 1. The number of benzene rings is 1. The molecule has 1 aliphatic heterocycles. The number of carbonyl (C=O) groups excluding carboxylic acids is 1. The fourth-order valence-corrected chi connectivity index (χ4v) is 3.81. The number of carbonyl (C=O) groups is 1. The Bertz CT molecular complexity index is 949. The van der Waals surface area contributed by atoms with Crippen LogP contribution in [0.2, 0.25) is 5.02 Å². The molecule has 0 bridgehead atoms. The summed E-state index contributed by atoms with van der Waals surface area (Å²) in [4.78, 5) is 17.9. The number of methoxy groups -OCH3 is 1. The van der Waals surface area contributed by atoms with E-state index in [9.17, 15) is 4.79 Å². The van der Waals surface area contributed by atoms with Gasteiger partial charge in [0.25, 0.3) is 5.91 Å². The minimum atomic E-state index is -0.0318. The molecule has 0 spiro atoms. The fraction of sp³-hybridized carbons (Fsp3) is 0.368. The Morgan fingerprint density at radius 3 is 2.96 bits per heavy atom. The number of hydrogen-bond donors (Lipinski definition) is 1. The van der Waals surface area contributed by atoms with E-state index in [0.717, 1.165) is 22.4 Å². The largest absolute Gasteiger partial charge is 0.379 e. The highest BCUT2D eigenvalue weighted by Gasteiger charge is 2.36. The molecule has 6 nitrogen and oxygen atoms in total. The Kier molecular flexibility index (Phi) is 4.46. The van der Waals surface area contributed by atoms with Gasteiger partial charge in [0.05, 0.1) is 11.8 Å². The SMILES string of the molecule is COC1CN(C(=O)c2cc3cc(Cl)ccc3[nH]2)CC1Cc1cc(C)no1. The van der Waals surface area contributed by atoms with Gasteiger partial charge in [-0.1, -0.05) is 16.8 Å². The van der Waals surface area contributed by atoms with Crippen molar-refractivity contribution in [3.05, 3.63) is 52.5 Å². The van der Waals surface area contributed by atoms with Crippen molar-refractivity contribution < 1.29 is 14.1 Å². The zero-order valence-corrected chi connectivity index (χ0v) is 15.4. The van der Waals surface area contributed by atoms with Crippen LogP contribution < -0.4 is 0 Å². The number of aryl methyl sites for hydroxylation is 1. The minimum absolute atomic E-state index is 0.0248. The second-order valence-corrected chi connectivity index (χ2v) is 7.23. The van der Waals surface area contributed by atoms with Crippen LogP contribution >= 0.6 is 11.6 Å².